The Hall–Kier alpha value is -0.940. The van der Waals surface area contributed by atoms with E-state index >= 15 is 0 Å². The van der Waals surface area contributed by atoms with E-state index < -0.39 is 11.7 Å². The Morgan fingerprint density at radius 2 is 1.53 bits per heavy atom. The molecule has 1 aromatic rings. The number of halogens is 4. The minimum atomic E-state index is -4.30. The van der Waals surface area contributed by atoms with Crippen molar-refractivity contribution in [2.75, 3.05) is 5.43 Å². The van der Waals surface area contributed by atoms with E-state index in [1.54, 1.807) is 13.8 Å². The summed E-state index contributed by atoms with van der Waals surface area (Å²) < 4.78 is 37.0. The third-order valence-electron chi connectivity index (χ3n) is 2.00. The first kappa shape index (κ1) is 14.1. The summed E-state index contributed by atoms with van der Waals surface area (Å²) in [4.78, 5) is 0. The van der Waals surface area contributed by atoms with Crippen LogP contribution < -0.4 is 11.3 Å². The van der Waals surface area contributed by atoms with Gasteiger partial charge in [0.2, 0.25) is 0 Å². The second-order valence-corrected chi connectivity index (χ2v) is 3.13. The standard InChI is InChI=1S/C9H11F3N2.ClH/c1-5-3-7(9(10,11)12)4-6(2)8(5)14-13;/h3-4,14H,13H2,1-2H3;1H. The molecule has 0 unspecified atom stereocenters. The van der Waals surface area contributed by atoms with Crippen molar-refractivity contribution in [3.05, 3.63) is 28.8 Å². The number of anilines is 1. The Labute approximate surface area is 92.0 Å². The second kappa shape index (κ2) is 4.72. The molecule has 1 aromatic carbocycles. The van der Waals surface area contributed by atoms with Crippen LogP contribution in [0.1, 0.15) is 16.7 Å². The van der Waals surface area contributed by atoms with Crippen molar-refractivity contribution in [3.63, 3.8) is 0 Å². The SMILES string of the molecule is Cc1cc(C(F)(F)F)cc(C)c1NN.Cl. The first-order chi connectivity index (χ1) is 6.36. The summed E-state index contributed by atoms with van der Waals surface area (Å²) in [5.74, 6) is 5.18. The summed E-state index contributed by atoms with van der Waals surface area (Å²) in [6.45, 7) is 3.16. The smallest absolute Gasteiger partial charge is 0.324 e. The molecule has 2 nitrogen and oxygen atoms in total. The molecule has 0 amide bonds. The van der Waals surface area contributed by atoms with Crippen LogP contribution in [-0.2, 0) is 6.18 Å². The molecule has 0 aromatic heterocycles. The molecule has 0 fully saturated rings. The molecule has 15 heavy (non-hydrogen) atoms. The topological polar surface area (TPSA) is 38.0 Å². The summed E-state index contributed by atoms with van der Waals surface area (Å²) in [6, 6.07) is 2.14. The number of rotatable bonds is 1. The number of nitrogen functional groups attached to an aromatic ring is 1. The van der Waals surface area contributed by atoms with Crippen LogP contribution >= 0.6 is 12.4 Å². The van der Waals surface area contributed by atoms with Gasteiger partial charge in [-0.3, -0.25) is 5.84 Å². The fourth-order valence-electron chi connectivity index (χ4n) is 1.35. The van der Waals surface area contributed by atoms with Gasteiger partial charge in [0.15, 0.2) is 0 Å². The van der Waals surface area contributed by atoms with Gasteiger partial charge in [0.05, 0.1) is 11.3 Å². The van der Waals surface area contributed by atoms with E-state index in [1.807, 2.05) is 0 Å². The summed E-state index contributed by atoms with van der Waals surface area (Å²) in [5.41, 5.74) is 3.24. The molecule has 86 valence electrons. The van der Waals surface area contributed by atoms with Crippen molar-refractivity contribution in [3.8, 4) is 0 Å². The van der Waals surface area contributed by atoms with Gasteiger partial charge < -0.3 is 5.43 Å². The highest BCUT2D eigenvalue weighted by Crippen LogP contribution is 2.33. The molecule has 0 saturated carbocycles. The minimum absolute atomic E-state index is 0. The molecule has 0 aliphatic carbocycles. The summed E-state index contributed by atoms with van der Waals surface area (Å²) >= 11 is 0. The van der Waals surface area contributed by atoms with Crippen molar-refractivity contribution in [1.82, 2.24) is 0 Å². The van der Waals surface area contributed by atoms with Gasteiger partial charge >= 0.3 is 6.18 Å². The highest BCUT2D eigenvalue weighted by Gasteiger charge is 2.31. The zero-order valence-electron chi connectivity index (χ0n) is 8.27. The van der Waals surface area contributed by atoms with E-state index in [0.717, 1.165) is 12.1 Å². The normalized spacial score (nSPS) is 10.8. The van der Waals surface area contributed by atoms with Gasteiger partial charge in [-0.2, -0.15) is 13.2 Å². The van der Waals surface area contributed by atoms with Crippen LogP contribution in [0, 0.1) is 13.8 Å². The first-order valence-corrected chi connectivity index (χ1v) is 4.01. The predicted octanol–water partition coefficient (Wildman–Crippen LogP) is 3.03. The lowest BCUT2D eigenvalue weighted by atomic mass is 10.0. The summed E-state index contributed by atoms with van der Waals surface area (Å²) in [5, 5.41) is 0. The van der Waals surface area contributed by atoms with Gasteiger partial charge in [0.1, 0.15) is 0 Å². The molecule has 0 spiro atoms. The van der Waals surface area contributed by atoms with Crippen LogP contribution in [-0.4, -0.2) is 0 Å². The lowest BCUT2D eigenvalue weighted by Gasteiger charge is -2.13. The molecule has 0 saturated heterocycles. The maximum absolute atomic E-state index is 12.3. The van der Waals surface area contributed by atoms with Crippen LogP contribution in [0.5, 0.6) is 0 Å². The van der Waals surface area contributed by atoms with Gasteiger partial charge in [-0.05, 0) is 37.1 Å². The molecule has 0 aliphatic rings. The van der Waals surface area contributed by atoms with E-state index in [2.05, 4.69) is 5.43 Å². The van der Waals surface area contributed by atoms with E-state index in [9.17, 15) is 13.2 Å². The lowest BCUT2D eigenvalue weighted by Crippen LogP contribution is -2.12. The maximum Gasteiger partial charge on any atom is 0.416 e. The number of nitrogens with one attached hydrogen (secondary N) is 1. The molecule has 0 bridgehead atoms. The number of hydrazine groups is 1. The molecule has 1 rings (SSSR count). The van der Waals surface area contributed by atoms with Gasteiger partial charge in [0, 0.05) is 0 Å². The summed E-state index contributed by atoms with van der Waals surface area (Å²) in [7, 11) is 0. The fraction of sp³-hybridized carbons (Fsp3) is 0.333. The van der Waals surface area contributed by atoms with Crippen molar-refractivity contribution >= 4 is 18.1 Å². The molecule has 0 aliphatic heterocycles. The number of nitrogens with two attached hydrogens (primary N) is 1. The third-order valence-corrected chi connectivity index (χ3v) is 2.00. The molecule has 0 radical (unpaired) electrons. The lowest BCUT2D eigenvalue weighted by molar-refractivity contribution is -0.137. The zero-order chi connectivity index (χ0) is 10.9. The molecule has 0 heterocycles. The minimum Gasteiger partial charge on any atom is -0.324 e. The molecular weight excluding hydrogens is 229 g/mol. The maximum atomic E-state index is 12.3. The fourth-order valence-corrected chi connectivity index (χ4v) is 1.35. The van der Waals surface area contributed by atoms with E-state index in [4.69, 9.17) is 5.84 Å². The Morgan fingerprint density at radius 3 is 1.80 bits per heavy atom. The number of aryl methyl sites for hydroxylation is 2. The molecular formula is C9H12ClF3N2. The van der Waals surface area contributed by atoms with Crippen LogP contribution in [0.4, 0.5) is 18.9 Å². The van der Waals surface area contributed by atoms with Crippen molar-refractivity contribution < 1.29 is 13.2 Å². The Kier molecular flexibility index (Phi) is 4.42. The van der Waals surface area contributed by atoms with E-state index in [-0.39, 0.29) is 12.4 Å². The van der Waals surface area contributed by atoms with Crippen LogP contribution in [0.3, 0.4) is 0 Å². The zero-order valence-corrected chi connectivity index (χ0v) is 9.09. The van der Waals surface area contributed by atoms with Gasteiger partial charge in [-0.15, -0.1) is 12.4 Å². The average molecular weight is 241 g/mol. The van der Waals surface area contributed by atoms with E-state index in [1.165, 1.54) is 0 Å². The van der Waals surface area contributed by atoms with Gasteiger partial charge in [-0.25, -0.2) is 0 Å². The van der Waals surface area contributed by atoms with Crippen molar-refractivity contribution in [1.29, 1.82) is 0 Å². The molecule has 3 N–H and O–H groups in total. The predicted molar refractivity (Wildman–Crippen MR) is 56.0 cm³/mol. The molecule has 0 atom stereocenters. The Bertz CT molecular complexity index is 327. The molecule has 6 heteroatoms. The second-order valence-electron chi connectivity index (χ2n) is 3.13. The Morgan fingerprint density at radius 1 is 1.13 bits per heavy atom. The van der Waals surface area contributed by atoms with Gasteiger partial charge in [0.25, 0.3) is 0 Å². The van der Waals surface area contributed by atoms with Crippen LogP contribution in [0.25, 0.3) is 0 Å². The highest BCUT2D eigenvalue weighted by molar-refractivity contribution is 5.85. The monoisotopic (exact) mass is 240 g/mol. The average Bonchev–Trinajstić information content (AvgIpc) is 2.01. The quantitative estimate of drug-likeness (QED) is 0.585. The Balaban J connectivity index is 0.00000196. The van der Waals surface area contributed by atoms with Crippen molar-refractivity contribution in [2.45, 2.75) is 20.0 Å². The van der Waals surface area contributed by atoms with Crippen LogP contribution in [0.15, 0.2) is 12.1 Å². The number of hydrogen-bond acceptors (Lipinski definition) is 2. The first-order valence-electron chi connectivity index (χ1n) is 4.01. The summed E-state index contributed by atoms with van der Waals surface area (Å²) in [6.07, 6.45) is -4.30. The van der Waals surface area contributed by atoms with E-state index in [0.29, 0.717) is 16.8 Å². The number of hydrogen-bond donors (Lipinski definition) is 2. The van der Waals surface area contributed by atoms with Crippen LogP contribution in [0.2, 0.25) is 0 Å². The number of alkyl halides is 3. The number of benzene rings is 1. The van der Waals surface area contributed by atoms with Crippen molar-refractivity contribution in [2.24, 2.45) is 5.84 Å². The largest absolute Gasteiger partial charge is 0.416 e. The van der Waals surface area contributed by atoms with Gasteiger partial charge in [-0.1, -0.05) is 0 Å². The highest BCUT2D eigenvalue weighted by atomic mass is 35.5. The third kappa shape index (κ3) is 3.00.